The molecule has 7 heteroatoms. The van der Waals surface area contributed by atoms with Crippen molar-refractivity contribution in [1.29, 1.82) is 0 Å². The minimum absolute atomic E-state index is 0.495. The summed E-state index contributed by atoms with van der Waals surface area (Å²) in [4.78, 5) is 24.2. The van der Waals surface area contributed by atoms with E-state index in [9.17, 15) is 9.59 Å². The number of carbonyl (C=O) groups is 2. The lowest BCUT2D eigenvalue weighted by Gasteiger charge is -2.11. The summed E-state index contributed by atoms with van der Waals surface area (Å²) < 4.78 is 7.49. The van der Waals surface area contributed by atoms with Crippen molar-refractivity contribution in [3.05, 3.63) is 76.6 Å². The van der Waals surface area contributed by atoms with Crippen molar-refractivity contribution in [2.24, 2.45) is 5.10 Å². The summed E-state index contributed by atoms with van der Waals surface area (Å²) in [6.07, 6.45) is 1.54. The molecule has 2 aromatic carbocycles. The van der Waals surface area contributed by atoms with Crippen LogP contribution >= 0.6 is 0 Å². The molecule has 2 N–H and O–H groups in total. The quantitative estimate of drug-likeness (QED) is 0.348. The lowest BCUT2D eigenvalue weighted by molar-refractivity contribution is -0.136. The second-order valence-corrected chi connectivity index (χ2v) is 7.54. The van der Waals surface area contributed by atoms with Crippen molar-refractivity contribution in [2.75, 3.05) is 11.9 Å². The van der Waals surface area contributed by atoms with Gasteiger partial charge in [-0.25, -0.2) is 5.43 Å². The maximum Gasteiger partial charge on any atom is 0.329 e. The molecule has 3 rings (SSSR count). The number of nitrogens with one attached hydrogen (secondary N) is 2. The van der Waals surface area contributed by atoms with Crippen LogP contribution in [0.25, 0.3) is 5.69 Å². The van der Waals surface area contributed by atoms with Crippen LogP contribution in [0.5, 0.6) is 5.75 Å². The first-order chi connectivity index (χ1) is 15.3. The van der Waals surface area contributed by atoms with Gasteiger partial charge in [0.25, 0.3) is 0 Å². The molecule has 0 saturated heterocycles. The molecule has 0 aliphatic rings. The number of hydrazone groups is 1. The Morgan fingerprint density at radius 3 is 2.34 bits per heavy atom. The zero-order valence-electron chi connectivity index (χ0n) is 19.0. The van der Waals surface area contributed by atoms with Crippen molar-refractivity contribution in [2.45, 2.75) is 34.6 Å². The number of amides is 2. The van der Waals surface area contributed by atoms with E-state index >= 15 is 0 Å². The van der Waals surface area contributed by atoms with Crippen LogP contribution in [0.1, 0.15) is 35.0 Å². The predicted molar refractivity (Wildman–Crippen MR) is 127 cm³/mol. The Hall–Kier alpha value is -3.87. The van der Waals surface area contributed by atoms with Gasteiger partial charge in [0, 0.05) is 28.3 Å². The molecule has 0 unspecified atom stereocenters. The summed E-state index contributed by atoms with van der Waals surface area (Å²) in [6, 6.07) is 15.1. The second-order valence-electron chi connectivity index (χ2n) is 7.54. The second kappa shape index (κ2) is 9.96. The lowest BCUT2D eigenvalue weighted by atomic mass is 10.1. The third kappa shape index (κ3) is 5.24. The first kappa shape index (κ1) is 22.8. The number of hydrogen-bond acceptors (Lipinski definition) is 4. The van der Waals surface area contributed by atoms with E-state index in [1.807, 2.05) is 26.8 Å². The number of aryl methyl sites for hydroxylation is 3. The number of nitrogens with zero attached hydrogens (tertiary/aromatic N) is 2. The Labute approximate surface area is 188 Å². The average molecular weight is 433 g/mol. The number of hydrogen-bond donors (Lipinski definition) is 2. The molecule has 3 aromatic rings. The summed E-state index contributed by atoms with van der Waals surface area (Å²) in [6.45, 7) is 10.6. The number of benzene rings is 2. The van der Waals surface area contributed by atoms with Crippen LogP contribution in [-0.2, 0) is 9.59 Å². The highest BCUT2D eigenvalue weighted by atomic mass is 16.5. The number of anilines is 1. The van der Waals surface area contributed by atoms with Crippen molar-refractivity contribution >= 4 is 23.7 Å². The summed E-state index contributed by atoms with van der Waals surface area (Å²) in [7, 11) is 0. The number of rotatable bonds is 6. The van der Waals surface area contributed by atoms with Gasteiger partial charge in [0.15, 0.2) is 0 Å². The van der Waals surface area contributed by atoms with E-state index in [-0.39, 0.29) is 0 Å². The van der Waals surface area contributed by atoms with Gasteiger partial charge >= 0.3 is 11.8 Å². The number of carbonyl (C=O) groups excluding carboxylic acids is 2. The van der Waals surface area contributed by atoms with E-state index in [4.69, 9.17) is 4.74 Å². The molecule has 0 aliphatic heterocycles. The minimum atomic E-state index is -0.849. The molecule has 166 valence electrons. The minimum Gasteiger partial charge on any atom is -0.494 e. The zero-order chi connectivity index (χ0) is 23.3. The maximum atomic E-state index is 12.1. The Morgan fingerprint density at radius 2 is 1.69 bits per heavy atom. The molecule has 0 spiro atoms. The first-order valence-corrected chi connectivity index (χ1v) is 10.4. The molecule has 7 nitrogen and oxygen atoms in total. The molecule has 0 saturated carbocycles. The third-order valence-corrected chi connectivity index (χ3v) is 5.22. The third-order valence-electron chi connectivity index (χ3n) is 5.22. The van der Waals surface area contributed by atoms with E-state index in [1.165, 1.54) is 11.1 Å². The van der Waals surface area contributed by atoms with E-state index in [0.29, 0.717) is 18.0 Å². The Morgan fingerprint density at radius 1 is 0.969 bits per heavy atom. The fourth-order valence-corrected chi connectivity index (χ4v) is 3.38. The van der Waals surface area contributed by atoms with Gasteiger partial charge in [0.05, 0.1) is 12.8 Å². The summed E-state index contributed by atoms with van der Waals surface area (Å²) in [5.41, 5.74) is 9.20. The highest BCUT2D eigenvalue weighted by Gasteiger charge is 2.14. The van der Waals surface area contributed by atoms with Gasteiger partial charge in [-0.15, -0.1) is 0 Å². The topological polar surface area (TPSA) is 84.7 Å². The molecule has 0 atom stereocenters. The van der Waals surface area contributed by atoms with E-state index < -0.39 is 11.8 Å². The smallest absolute Gasteiger partial charge is 0.329 e. The van der Waals surface area contributed by atoms with Crippen LogP contribution in [0, 0.1) is 27.7 Å². The van der Waals surface area contributed by atoms with Gasteiger partial charge in [0.2, 0.25) is 0 Å². The first-order valence-electron chi connectivity index (χ1n) is 10.4. The van der Waals surface area contributed by atoms with Gasteiger partial charge in [-0.2, -0.15) is 5.10 Å². The average Bonchev–Trinajstić information content (AvgIpc) is 3.04. The van der Waals surface area contributed by atoms with Crippen LogP contribution in [0.2, 0.25) is 0 Å². The molecule has 0 aliphatic carbocycles. The number of ether oxygens (including phenoxy) is 1. The highest BCUT2D eigenvalue weighted by Crippen LogP contribution is 2.22. The van der Waals surface area contributed by atoms with Crippen molar-refractivity contribution in [3.63, 3.8) is 0 Å². The monoisotopic (exact) mass is 432 g/mol. The molecule has 0 radical (unpaired) electrons. The van der Waals surface area contributed by atoms with Gasteiger partial charge in [-0.3, -0.25) is 9.59 Å². The molecule has 2 amide bonds. The molecule has 0 fully saturated rings. The Kier molecular flexibility index (Phi) is 7.10. The summed E-state index contributed by atoms with van der Waals surface area (Å²) in [5.74, 6) is -0.956. The highest BCUT2D eigenvalue weighted by molar-refractivity contribution is 6.39. The van der Waals surface area contributed by atoms with E-state index in [0.717, 1.165) is 22.6 Å². The SMILES string of the molecule is CCOc1ccc(NC(=O)C(=O)N/N=C\c2cc(C)n(-c3ccc(C)c(C)c3)c2C)cc1. The van der Waals surface area contributed by atoms with Gasteiger partial charge in [-0.1, -0.05) is 6.07 Å². The molecular formula is C25H28N4O3. The van der Waals surface area contributed by atoms with Crippen LogP contribution in [0.4, 0.5) is 5.69 Å². The molecule has 32 heavy (non-hydrogen) atoms. The van der Waals surface area contributed by atoms with Crippen LogP contribution in [0.3, 0.4) is 0 Å². The van der Waals surface area contributed by atoms with Crippen LogP contribution in [0.15, 0.2) is 53.6 Å². The predicted octanol–water partition coefficient (Wildman–Crippen LogP) is 4.20. The molecule has 1 heterocycles. The maximum absolute atomic E-state index is 12.1. The van der Waals surface area contributed by atoms with E-state index in [2.05, 4.69) is 52.5 Å². The Bertz CT molecular complexity index is 1160. The summed E-state index contributed by atoms with van der Waals surface area (Å²) >= 11 is 0. The Balaban J connectivity index is 1.64. The zero-order valence-corrected chi connectivity index (χ0v) is 19.0. The molecule has 1 aromatic heterocycles. The standard InChI is InChI=1S/C25H28N4O3/c1-6-32-23-11-8-21(9-12-23)27-24(30)25(31)28-26-15-20-14-18(4)29(19(20)5)22-10-7-16(2)17(3)13-22/h7-15H,6H2,1-5H3,(H,27,30)(H,28,31)/b26-15-. The van der Waals surface area contributed by atoms with Gasteiger partial charge < -0.3 is 14.6 Å². The van der Waals surface area contributed by atoms with E-state index in [1.54, 1.807) is 30.5 Å². The largest absolute Gasteiger partial charge is 0.494 e. The van der Waals surface area contributed by atoms with Crippen LogP contribution in [-0.4, -0.2) is 29.2 Å². The van der Waals surface area contributed by atoms with Crippen molar-refractivity contribution < 1.29 is 14.3 Å². The molecular weight excluding hydrogens is 404 g/mol. The van der Waals surface area contributed by atoms with Gasteiger partial charge in [0.1, 0.15) is 5.75 Å². The lowest BCUT2D eigenvalue weighted by Crippen LogP contribution is -2.32. The fraction of sp³-hybridized carbons (Fsp3) is 0.240. The van der Waals surface area contributed by atoms with Crippen molar-refractivity contribution in [3.8, 4) is 11.4 Å². The normalized spacial score (nSPS) is 10.9. The summed E-state index contributed by atoms with van der Waals surface area (Å²) in [5, 5.41) is 6.50. The van der Waals surface area contributed by atoms with Crippen LogP contribution < -0.4 is 15.5 Å². The van der Waals surface area contributed by atoms with Gasteiger partial charge in [-0.05, 0) is 88.2 Å². The van der Waals surface area contributed by atoms with Crippen molar-refractivity contribution in [1.82, 2.24) is 9.99 Å². The number of aromatic nitrogens is 1. The fourth-order valence-electron chi connectivity index (χ4n) is 3.38. The molecule has 0 bridgehead atoms.